The Morgan fingerprint density at radius 2 is 1.79 bits per heavy atom. The van der Waals surface area contributed by atoms with Gasteiger partial charge in [0, 0.05) is 18.0 Å². The molecule has 1 unspecified atom stereocenters. The molecule has 0 aliphatic carbocycles. The number of benzene rings is 2. The number of sulfonamides is 1. The van der Waals surface area contributed by atoms with Gasteiger partial charge in [0.25, 0.3) is 0 Å². The molecular weight excluding hydrogens is 412 g/mol. The third kappa shape index (κ3) is 5.04. The maximum atomic E-state index is 12.8. The highest BCUT2D eigenvalue weighted by Crippen LogP contribution is 2.33. The molecule has 0 spiro atoms. The van der Waals surface area contributed by atoms with Crippen LogP contribution in [0.15, 0.2) is 52.3 Å². The van der Waals surface area contributed by atoms with Gasteiger partial charge in [-0.25, -0.2) is 8.42 Å². The Morgan fingerprint density at radius 3 is 2.45 bits per heavy atom. The van der Waals surface area contributed by atoms with E-state index in [9.17, 15) is 13.2 Å². The summed E-state index contributed by atoms with van der Waals surface area (Å²) in [5, 5.41) is 2.84. The van der Waals surface area contributed by atoms with E-state index in [4.69, 9.17) is 9.47 Å². The van der Waals surface area contributed by atoms with Crippen molar-refractivity contribution < 1.29 is 22.7 Å². The van der Waals surface area contributed by atoms with Crippen molar-refractivity contribution in [2.24, 2.45) is 0 Å². The summed E-state index contributed by atoms with van der Waals surface area (Å²) in [7, 11) is -2.46. The Hall–Kier alpha value is -2.23. The lowest BCUT2D eigenvalue weighted by atomic mass is 10.1. The summed E-state index contributed by atoms with van der Waals surface area (Å²) in [4.78, 5) is 13.6. The molecule has 156 valence electrons. The molecule has 2 aromatic carbocycles. The quantitative estimate of drug-likeness (QED) is 0.672. The topological polar surface area (TPSA) is 84.9 Å². The molecule has 0 radical (unpaired) electrons. The molecule has 7 nitrogen and oxygen atoms in total. The van der Waals surface area contributed by atoms with Crippen LogP contribution in [0.5, 0.6) is 11.5 Å². The second-order valence-electron chi connectivity index (χ2n) is 6.63. The monoisotopic (exact) mass is 436 g/mol. The SMILES string of the molecule is CSc1ccc(C(C)NC(=O)CN(C)S(=O)(=O)c2ccc3c(c2)OCCO3)cc1. The van der Waals surface area contributed by atoms with Crippen molar-refractivity contribution in [2.75, 3.05) is 33.1 Å². The number of rotatable bonds is 7. The average Bonchev–Trinajstić information content (AvgIpc) is 2.73. The van der Waals surface area contributed by atoms with Crippen molar-refractivity contribution in [3.8, 4) is 11.5 Å². The largest absolute Gasteiger partial charge is 0.486 e. The first-order chi connectivity index (χ1) is 13.8. The van der Waals surface area contributed by atoms with Crippen LogP contribution in [-0.2, 0) is 14.8 Å². The van der Waals surface area contributed by atoms with Crippen molar-refractivity contribution in [3.63, 3.8) is 0 Å². The average molecular weight is 437 g/mol. The number of thioether (sulfide) groups is 1. The summed E-state index contributed by atoms with van der Waals surface area (Å²) < 4.78 is 37.5. The smallest absolute Gasteiger partial charge is 0.243 e. The molecule has 1 aliphatic rings. The molecule has 0 bridgehead atoms. The fourth-order valence-corrected chi connectivity index (χ4v) is 4.47. The molecule has 0 saturated heterocycles. The van der Waals surface area contributed by atoms with Gasteiger partial charge in [-0.2, -0.15) is 4.31 Å². The highest BCUT2D eigenvalue weighted by Gasteiger charge is 2.25. The van der Waals surface area contributed by atoms with Gasteiger partial charge in [-0.3, -0.25) is 4.79 Å². The number of ether oxygens (including phenoxy) is 2. The zero-order chi connectivity index (χ0) is 21.0. The van der Waals surface area contributed by atoms with Gasteiger partial charge in [-0.1, -0.05) is 12.1 Å². The number of nitrogens with zero attached hydrogens (tertiary/aromatic N) is 1. The third-order valence-corrected chi connectivity index (χ3v) is 7.12. The van der Waals surface area contributed by atoms with Crippen LogP contribution in [0, 0.1) is 0 Å². The second kappa shape index (κ2) is 9.06. The maximum Gasteiger partial charge on any atom is 0.243 e. The van der Waals surface area contributed by atoms with Crippen molar-refractivity contribution >= 4 is 27.7 Å². The van der Waals surface area contributed by atoms with E-state index in [0.29, 0.717) is 24.7 Å². The summed E-state index contributed by atoms with van der Waals surface area (Å²) in [6.07, 6.45) is 2.00. The molecule has 0 aromatic heterocycles. The Balaban J connectivity index is 1.64. The number of amides is 1. The Kier molecular flexibility index (Phi) is 6.71. The van der Waals surface area contributed by atoms with Gasteiger partial charge in [0.15, 0.2) is 11.5 Å². The van der Waals surface area contributed by atoms with E-state index in [1.807, 2.05) is 37.4 Å². The molecule has 0 fully saturated rings. The minimum absolute atomic E-state index is 0.0535. The highest BCUT2D eigenvalue weighted by atomic mass is 32.2. The first kappa shape index (κ1) is 21.5. The lowest BCUT2D eigenvalue weighted by molar-refractivity contribution is -0.121. The first-order valence-electron chi connectivity index (χ1n) is 9.10. The number of hydrogen-bond donors (Lipinski definition) is 1. The minimum Gasteiger partial charge on any atom is -0.486 e. The van der Waals surface area contributed by atoms with E-state index >= 15 is 0 Å². The zero-order valence-electron chi connectivity index (χ0n) is 16.5. The molecule has 1 amide bonds. The van der Waals surface area contributed by atoms with Crippen LogP contribution in [-0.4, -0.2) is 51.7 Å². The van der Waals surface area contributed by atoms with E-state index < -0.39 is 10.0 Å². The van der Waals surface area contributed by atoms with Gasteiger partial charge in [0.2, 0.25) is 15.9 Å². The van der Waals surface area contributed by atoms with E-state index in [-0.39, 0.29) is 23.4 Å². The fraction of sp³-hybridized carbons (Fsp3) is 0.350. The first-order valence-corrected chi connectivity index (χ1v) is 11.8. The van der Waals surface area contributed by atoms with Crippen LogP contribution in [0.2, 0.25) is 0 Å². The van der Waals surface area contributed by atoms with Crippen LogP contribution >= 0.6 is 11.8 Å². The van der Waals surface area contributed by atoms with Gasteiger partial charge in [0.1, 0.15) is 13.2 Å². The highest BCUT2D eigenvalue weighted by molar-refractivity contribution is 7.98. The molecule has 0 saturated carbocycles. The normalized spacial score (nSPS) is 14.5. The molecule has 1 heterocycles. The van der Waals surface area contributed by atoms with E-state index in [0.717, 1.165) is 14.8 Å². The van der Waals surface area contributed by atoms with Crippen molar-refractivity contribution in [1.29, 1.82) is 0 Å². The predicted molar refractivity (Wildman–Crippen MR) is 112 cm³/mol. The molecule has 3 rings (SSSR count). The van der Waals surface area contributed by atoms with Crippen LogP contribution < -0.4 is 14.8 Å². The lowest BCUT2D eigenvalue weighted by Crippen LogP contribution is -2.39. The van der Waals surface area contributed by atoms with Gasteiger partial charge in [0.05, 0.1) is 17.5 Å². The molecule has 2 aromatic rings. The Bertz CT molecular complexity index is 977. The van der Waals surface area contributed by atoms with Crippen LogP contribution in [0.1, 0.15) is 18.5 Å². The number of fused-ring (bicyclic) bond motifs is 1. The standard InChI is InChI=1S/C20H24N2O5S2/c1-14(15-4-6-16(28-3)7-5-15)21-20(23)13-22(2)29(24,25)17-8-9-18-19(12-17)27-11-10-26-18/h4-9,12,14H,10-11,13H2,1-3H3,(H,21,23). The van der Waals surface area contributed by atoms with E-state index in [2.05, 4.69) is 5.32 Å². The number of carbonyl (C=O) groups is 1. The second-order valence-corrected chi connectivity index (χ2v) is 9.55. The van der Waals surface area contributed by atoms with Gasteiger partial charge in [-0.05, 0) is 43.0 Å². The summed E-state index contributed by atoms with van der Waals surface area (Å²) >= 11 is 1.64. The minimum atomic E-state index is -3.84. The molecule has 1 N–H and O–H groups in total. The number of hydrogen-bond acceptors (Lipinski definition) is 6. The van der Waals surface area contributed by atoms with E-state index in [1.54, 1.807) is 17.8 Å². The van der Waals surface area contributed by atoms with Crippen molar-refractivity contribution in [2.45, 2.75) is 22.8 Å². The molecule has 1 atom stereocenters. The molecule has 9 heteroatoms. The maximum absolute atomic E-state index is 12.8. The van der Waals surface area contributed by atoms with Gasteiger partial charge < -0.3 is 14.8 Å². The zero-order valence-corrected chi connectivity index (χ0v) is 18.2. The third-order valence-electron chi connectivity index (χ3n) is 4.58. The van der Waals surface area contributed by atoms with Gasteiger partial charge in [-0.15, -0.1) is 11.8 Å². The van der Waals surface area contributed by atoms with Gasteiger partial charge >= 0.3 is 0 Å². The lowest BCUT2D eigenvalue weighted by Gasteiger charge is -2.22. The van der Waals surface area contributed by atoms with Crippen molar-refractivity contribution in [1.82, 2.24) is 9.62 Å². The number of carbonyl (C=O) groups excluding carboxylic acids is 1. The van der Waals surface area contributed by atoms with Crippen LogP contribution in [0.25, 0.3) is 0 Å². The molecule has 29 heavy (non-hydrogen) atoms. The summed E-state index contributed by atoms with van der Waals surface area (Å²) in [6, 6.07) is 12.1. The molecular formula is C20H24N2O5S2. The van der Waals surface area contributed by atoms with Crippen LogP contribution in [0.4, 0.5) is 0 Å². The van der Waals surface area contributed by atoms with E-state index in [1.165, 1.54) is 19.2 Å². The number of nitrogens with one attached hydrogen (secondary N) is 1. The summed E-state index contributed by atoms with van der Waals surface area (Å²) in [5.41, 5.74) is 0.952. The summed E-state index contributed by atoms with van der Waals surface area (Å²) in [5.74, 6) is 0.518. The number of likely N-dealkylation sites (N-methyl/N-ethyl adjacent to an activating group) is 1. The summed E-state index contributed by atoms with van der Waals surface area (Å²) in [6.45, 7) is 2.37. The Morgan fingerprint density at radius 1 is 1.14 bits per heavy atom. The molecule has 1 aliphatic heterocycles. The fourth-order valence-electron chi connectivity index (χ4n) is 2.91. The Labute approximate surface area is 175 Å². The van der Waals surface area contributed by atoms with Crippen LogP contribution in [0.3, 0.4) is 0 Å². The predicted octanol–water partition coefficient (Wildman–Crippen LogP) is 2.68. The van der Waals surface area contributed by atoms with Crippen molar-refractivity contribution in [3.05, 3.63) is 48.0 Å².